The molecule has 0 amide bonds. The van der Waals surface area contributed by atoms with Crippen LogP contribution in [-0.4, -0.2) is 15.8 Å². The molecule has 0 radical (unpaired) electrons. The molecule has 0 aliphatic rings. The van der Waals surface area contributed by atoms with Crippen molar-refractivity contribution in [1.82, 2.24) is 9.97 Å². The molecule has 6 heteroatoms. The number of benzene rings is 1. The van der Waals surface area contributed by atoms with Crippen LogP contribution in [-0.2, 0) is 0 Å². The first-order chi connectivity index (χ1) is 9.08. The van der Waals surface area contributed by atoms with Crippen molar-refractivity contribution >= 4 is 32.0 Å². The van der Waals surface area contributed by atoms with Crippen molar-refractivity contribution in [3.63, 3.8) is 0 Å². The molecule has 96 valence electrons. The van der Waals surface area contributed by atoms with E-state index in [-0.39, 0.29) is 11.3 Å². The monoisotopic (exact) mass is 368 g/mol. The van der Waals surface area contributed by atoms with Crippen LogP contribution in [0.15, 0.2) is 52.2 Å². The Kier molecular flexibility index (Phi) is 4.10. The third-order valence-electron chi connectivity index (χ3n) is 2.39. The van der Waals surface area contributed by atoms with E-state index in [2.05, 4.69) is 9.97 Å². The Morgan fingerprint density at radius 2 is 1.84 bits per heavy atom. The molecule has 19 heavy (non-hydrogen) atoms. The molecule has 0 fully saturated rings. The van der Waals surface area contributed by atoms with Crippen LogP contribution in [0.25, 0.3) is 3.58 Å². The van der Waals surface area contributed by atoms with E-state index < -0.39 is 11.2 Å². The Hall–Kier alpha value is -1.96. The Morgan fingerprint density at radius 3 is 2.47 bits per heavy atom. The Balaban J connectivity index is 2.36. The predicted octanol–water partition coefficient (Wildman–Crippen LogP) is 1.72. The Labute approximate surface area is 121 Å². The number of H-pyrrole nitrogens is 2. The number of allylic oxidation sites excluding steroid dienone is 1. The second-order valence-electron chi connectivity index (χ2n) is 3.71. The van der Waals surface area contributed by atoms with Crippen molar-refractivity contribution in [2.24, 2.45) is 0 Å². The van der Waals surface area contributed by atoms with Gasteiger partial charge < -0.3 is 4.98 Å². The summed E-state index contributed by atoms with van der Waals surface area (Å²) in [4.78, 5) is 38.9. The normalized spacial score (nSPS) is 11.3. The summed E-state index contributed by atoms with van der Waals surface area (Å²) in [6.07, 6.45) is 2.65. The number of halogens is 1. The van der Waals surface area contributed by atoms with E-state index in [0.717, 1.165) is 0 Å². The van der Waals surface area contributed by atoms with Gasteiger partial charge in [-0.2, -0.15) is 0 Å². The summed E-state index contributed by atoms with van der Waals surface area (Å²) >= 11 is 1.88. The maximum atomic E-state index is 11.9. The van der Waals surface area contributed by atoms with Gasteiger partial charge in [0.2, 0.25) is 0 Å². The third kappa shape index (κ3) is 3.28. The highest BCUT2D eigenvalue weighted by Gasteiger charge is 2.08. The molecule has 0 saturated carbocycles. The van der Waals surface area contributed by atoms with Gasteiger partial charge in [0.15, 0.2) is 5.78 Å². The van der Waals surface area contributed by atoms with Crippen LogP contribution in [0.3, 0.4) is 0 Å². The van der Waals surface area contributed by atoms with Crippen LogP contribution in [0.5, 0.6) is 0 Å². The lowest BCUT2D eigenvalue weighted by atomic mass is 10.1. The third-order valence-corrected chi connectivity index (χ3v) is 3.29. The van der Waals surface area contributed by atoms with Crippen LogP contribution in [0.4, 0.5) is 0 Å². The van der Waals surface area contributed by atoms with E-state index in [1.165, 1.54) is 12.3 Å². The van der Waals surface area contributed by atoms with Gasteiger partial charge in [-0.05, 0) is 22.6 Å². The fraction of sp³-hybridized carbons (Fsp3) is 0. The number of nitrogens with one attached hydrogen (secondary N) is 2. The van der Waals surface area contributed by atoms with Crippen LogP contribution in [0.2, 0.25) is 0 Å². The minimum atomic E-state index is -0.577. The number of aromatic nitrogens is 2. The molecule has 1 heterocycles. The van der Waals surface area contributed by atoms with Crippen molar-refractivity contribution in [2.75, 3.05) is 0 Å². The molecule has 1 aromatic heterocycles. The summed E-state index contributed by atoms with van der Waals surface area (Å²) in [6, 6.07) is 8.74. The fourth-order valence-corrected chi connectivity index (χ4v) is 2.15. The molecule has 2 aromatic rings. The highest BCUT2D eigenvalue weighted by atomic mass is 127. The van der Waals surface area contributed by atoms with Gasteiger partial charge in [-0.1, -0.05) is 30.3 Å². The lowest BCUT2D eigenvalue weighted by Crippen LogP contribution is -2.23. The Morgan fingerprint density at radius 1 is 1.16 bits per heavy atom. The molecule has 0 unspecified atom stereocenters. The summed E-state index contributed by atoms with van der Waals surface area (Å²) in [5, 5.41) is 0. The average molecular weight is 368 g/mol. The van der Waals surface area contributed by atoms with Crippen molar-refractivity contribution < 1.29 is 4.79 Å². The smallest absolute Gasteiger partial charge is 0.313 e. The summed E-state index contributed by atoms with van der Waals surface area (Å²) in [5.74, 6) is -0.199. The molecule has 5 nitrogen and oxygen atoms in total. The number of rotatable bonds is 3. The second-order valence-corrected chi connectivity index (χ2v) is 4.87. The molecular formula is C13H9IN2O3. The molecule has 0 saturated heterocycles. The van der Waals surface area contributed by atoms with E-state index in [1.54, 1.807) is 24.3 Å². The SMILES string of the molecule is O=C(/C=C(\I)c1c[nH]c(=O)[nH]c1=O)c1ccccc1. The van der Waals surface area contributed by atoms with E-state index >= 15 is 0 Å². The topological polar surface area (TPSA) is 82.8 Å². The number of hydrogen-bond acceptors (Lipinski definition) is 3. The molecular weight excluding hydrogens is 359 g/mol. The number of carbonyl (C=O) groups excluding carboxylic acids is 1. The van der Waals surface area contributed by atoms with Crippen LogP contribution < -0.4 is 11.2 Å². The maximum Gasteiger partial charge on any atom is 0.325 e. The lowest BCUT2D eigenvalue weighted by Gasteiger charge is -1.98. The second kappa shape index (κ2) is 5.79. The molecule has 2 rings (SSSR count). The summed E-state index contributed by atoms with van der Waals surface area (Å²) in [5.41, 5.74) is -0.306. The quantitative estimate of drug-likeness (QED) is 0.492. The number of hydrogen-bond donors (Lipinski definition) is 2. The van der Waals surface area contributed by atoms with Crippen LogP contribution in [0.1, 0.15) is 15.9 Å². The first-order valence-electron chi connectivity index (χ1n) is 5.37. The number of aromatic amines is 2. The zero-order valence-corrected chi connectivity index (χ0v) is 11.8. The minimum Gasteiger partial charge on any atom is -0.313 e. The number of ketones is 1. The molecule has 0 bridgehead atoms. The van der Waals surface area contributed by atoms with Gasteiger partial charge in [0.25, 0.3) is 5.56 Å². The molecule has 0 atom stereocenters. The van der Waals surface area contributed by atoms with Crippen molar-refractivity contribution in [3.8, 4) is 0 Å². The van der Waals surface area contributed by atoms with Gasteiger partial charge in [-0.25, -0.2) is 4.79 Å². The van der Waals surface area contributed by atoms with Crippen molar-refractivity contribution in [1.29, 1.82) is 0 Å². The lowest BCUT2D eigenvalue weighted by molar-refractivity contribution is 0.104. The average Bonchev–Trinajstić information content (AvgIpc) is 2.39. The van der Waals surface area contributed by atoms with Gasteiger partial charge in [0.05, 0.1) is 5.56 Å². The molecule has 2 N–H and O–H groups in total. The van der Waals surface area contributed by atoms with E-state index in [0.29, 0.717) is 9.14 Å². The van der Waals surface area contributed by atoms with Crippen LogP contribution >= 0.6 is 22.6 Å². The molecule has 0 spiro atoms. The van der Waals surface area contributed by atoms with Gasteiger partial charge >= 0.3 is 5.69 Å². The summed E-state index contributed by atoms with van der Waals surface area (Å²) < 4.78 is 0.462. The zero-order valence-electron chi connectivity index (χ0n) is 9.64. The first kappa shape index (κ1) is 13.5. The summed E-state index contributed by atoms with van der Waals surface area (Å²) in [6.45, 7) is 0. The summed E-state index contributed by atoms with van der Waals surface area (Å²) in [7, 11) is 0. The van der Waals surface area contributed by atoms with Gasteiger partial charge in [-0.3, -0.25) is 14.6 Å². The van der Waals surface area contributed by atoms with Crippen LogP contribution in [0, 0.1) is 0 Å². The van der Waals surface area contributed by atoms with E-state index in [1.807, 2.05) is 28.7 Å². The van der Waals surface area contributed by atoms with E-state index in [4.69, 9.17) is 0 Å². The first-order valence-corrected chi connectivity index (χ1v) is 6.45. The maximum absolute atomic E-state index is 11.9. The van der Waals surface area contributed by atoms with Crippen molar-refractivity contribution in [2.45, 2.75) is 0 Å². The van der Waals surface area contributed by atoms with Gasteiger partial charge in [0.1, 0.15) is 0 Å². The highest BCUT2D eigenvalue weighted by molar-refractivity contribution is 14.1. The van der Waals surface area contributed by atoms with Gasteiger partial charge in [-0.15, -0.1) is 0 Å². The largest absolute Gasteiger partial charge is 0.325 e. The predicted molar refractivity (Wildman–Crippen MR) is 80.5 cm³/mol. The van der Waals surface area contributed by atoms with E-state index in [9.17, 15) is 14.4 Å². The van der Waals surface area contributed by atoms with Gasteiger partial charge in [0, 0.05) is 21.4 Å². The fourth-order valence-electron chi connectivity index (χ4n) is 1.47. The standard InChI is InChI=1S/C13H9IN2O3/c14-10(9-7-15-13(19)16-12(9)18)6-11(17)8-4-2-1-3-5-8/h1-7H,(H2,15,16,18,19)/b10-6-. The molecule has 0 aliphatic carbocycles. The number of carbonyl (C=O) groups is 1. The highest BCUT2D eigenvalue weighted by Crippen LogP contribution is 2.18. The Bertz CT molecular complexity index is 744. The molecule has 1 aromatic carbocycles. The minimum absolute atomic E-state index is 0.199. The zero-order chi connectivity index (χ0) is 13.8. The molecule has 0 aliphatic heterocycles. The van der Waals surface area contributed by atoms with Crippen molar-refractivity contribution in [3.05, 3.63) is 74.6 Å².